The molecule has 0 spiro atoms. The summed E-state index contributed by atoms with van der Waals surface area (Å²) in [6.07, 6.45) is 0.450. The van der Waals surface area contributed by atoms with E-state index in [1.165, 1.54) is 12.1 Å². The van der Waals surface area contributed by atoms with Crippen molar-refractivity contribution >= 4 is 29.5 Å². The number of imide groups is 1. The molecular formula is C23H23N3O5. The number of anilines is 1. The molecule has 8 heteroatoms. The molecule has 2 aliphatic rings. The second-order valence-corrected chi connectivity index (χ2v) is 8.16. The fourth-order valence-electron chi connectivity index (χ4n) is 4.08. The average molecular weight is 421 g/mol. The molecule has 0 aliphatic carbocycles. The third-order valence-electron chi connectivity index (χ3n) is 5.78. The van der Waals surface area contributed by atoms with Crippen molar-refractivity contribution in [1.82, 2.24) is 10.2 Å². The number of hydrogen-bond donors (Lipinski definition) is 2. The van der Waals surface area contributed by atoms with Crippen LogP contribution in [0.25, 0.3) is 0 Å². The molecule has 4 amide bonds. The summed E-state index contributed by atoms with van der Waals surface area (Å²) in [6.45, 7) is 3.76. The summed E-state index contributed by atoms with van der Waals surface area (Å²) in [7, 11) is 0. The van der Waals surface area contributed by atoms with Crippen LogP contribution in [0.3, 0.4) is 0 Å². The number of fused-ring (bicyclic) bond motifs is 2. The number of amides is 4. The number of hydrogen-bond acceptors (Lipinski definition) is 4. The van der Waals surface area contributed by atoms with Crippen LogP contribution >= 0.6 is 0 Å². The Morgan fingerprint density at radius 2 is 1.77 bits per heavy atom. The molecule has 2 N–H and O–H groups in total. The van der Waals surface area contributed by atoms with Crippen molar-refractivity contribution < 1.29 is 24.3 Å². The van der Waals surface area contributed by atoms with E-state index in [0.717, 1.165) is 16.0 Å². The summed E-state index contributed by atoms with van der Waals surface area (Å²) < 4.78 is 0. The number of carboxylic acids is 1. The van der Waals surface area contributed by atoms with Crippen molar-refractivity contribution in [3.05, 3.63) is 65.2 Å². The lowest BCUT2D eigenvalue weighted by atomic mass is 9.95. The van der Waals surface area contributed by atoms with Gasteiger partial charge < -0.3 is 15.3 Å². The molecule has 160 valence electrons. The van der Waals surface area contributed by atoms with Crippen LogP contribution in [0.2, 0.25) is 0 Å². The number of rotatable bonds is 5. The minimum atomic E-state index is -1.12. The van der Waals surface area contributed by atoms with Gasteiger partial charge in [-0.1, -0.05) is 44.2 Å². The first-order valence-corrected chi connectivity index (χ1v) is 10.1. The smallest absolute Gasteiger partial charge is 0.332 e. The van der Waals surface area contributed by atoms with Gasteiger partial charge in [-0.25, -0.2) is 14.5 Å². The first-order chi connectivity index (χ1) is 14.8. The van der Waals surface area contributed by atoms with Gasteiger partial charge >= 0.3 is 12.0 Å². The Hall–Kier alpha value is -3.68. The van der Waals surface area contributed by atoms with Crippen LogP contribution in [-0.2, 0) is 22.6 Å². The zero-order chi connectivity index (χ0) is 22.3. The van der Waals surface area contributed by atoms with Gasteiger partial charge in [-0.15, -0.1) is 0 Å². The van der Waals surface area contributed by atoms with E-state index >= 15 is 0 Å². The van der Waals surface area contributed by atoms with Crippen LogP contribution in [0.4, 0.5) is 10.5 Å². The summed E-state index contributed by atoms with van der Waals surface area (Å²) in [6, 6.07) is 11.8. The van der Waals surface area contributed by atoms with Crippen LogP contribution in [0.15, 0.2) is 48.5 Å². The van der Waals surface area contributed by atoms with Crippen molar-refractivity contribution in [3.8, 4) is 0 Å². The highest BCUT2D eigenvalue weighted by Gasteiger charge is 2.47. The van der Waals surface area contributed by atoms with E-state index < -0.39 is 30.0 Å². The molecule has 2 aromatic carbocycles. The minimum Gasteiger partial charge on any atom is -0.480 e. The second kappa shape index (κ2) is 7.86. The molecule has 2 atom stereocenters. The van der Waals surface area contributed by atoms with E-state index in [0.29, 0.717) is 13.0 Å². The van der Waals surface area contributed by atoms with E-state index in [1.54, 1.807) is 30.9 Å². The number of aliphatic carboxylic acids is 1. The minimum absolute atomic E-state index is 0.179. The van der Waals surface area contributed by atoms with Gasteiger partial charge in [0.1, 0.15) is 12.1 Å². The van der Waals surface area contributed by atoms with Gasteiger partial charge in [0.05, 0.1) is 5.69 Å². The number of carbonyl (C=O) groups is 4. The molecule has 2 aromatic rings. The molecule has 31 heavy (non-hydrogen) atoms. The Kier molecular flexibility index (Phi) is 5.22. The maximum atomic E-state index is 13.1. The van der Waals surface area contributed by atoms with E-state index in [-0.39, 0.29) is 23.1 Å². The zero-order valence-electron chi connectivity index (χ0n) is 17.2. The number of carbonyl (C=O) groups excluding carboxylic acids is 3. The van der Waals surface area contributed by atoms with E-state index in [4.69, 9.17) is 0 Å². The normalized spacial score (nSPS) is 18.6. The lowest BCUT2D eigenvalue weighted by Gasteiger charge is -2.28. The summed E-state index contributed by atoms with van der Waals surface area (Å²) in [5.41, 5.74) is 2.53. The largest absolute Gasteiger partial charge is 0.480 e. The summed E-state index contributed by atoms with van der Waals surface area (Å²) in [5, 5.41) is 11.8. The predicted octanol–water partition coefficient (Wildman–Crippen LogP) is 2.42. The van der Waals surface area contributed by atoms with Crippen molar-refractivity contribution in [2.75, 3.05) is 4.90 Å². The number of carboxylic acid groups (broad SMARTS) is 1. The SMILES string of the molecule is CC(C)C(NC(=O)c1cccc(N2C(=O)C3Cc4ccccc4CN3C2=O)c1)C(=O)O. The molecular weight excluding hydrogens is 398 g/mol. The Balaban J connectivity index is 1.59. The lowest BCUT2D eigenvalue weighted by molar-refractivity contribution is -0.140. The quantitative estimate of drug-likeness (QED) is 0.721. The standard InChI is InChI=1S/C23H23N3O5/c1-13(2)19(22(29)30)24-20(27)15-8-5-9-17(10-15)26-21(28)18-11-14-6-3-4-7-16(14)12-25(18)23(26)31/h3-10,13,18-19H,11-12H2,1-2H3,(H,24,27)(H,29,30). The zero-order valence-corrected chi connectivity index (χ0v) is 17.2. The van der Waals surface area contributed by atoms with Gasteiger partial charge in [-0.3, -0.25) is 9.59 Å². The monoisotopic (exact) mass is 421 g/mol. The van der Waals surface area contributed by atoms with E-state index in [2.05, 4.69) is 5.32 Å². The van der Waals surface area contributed by atoms with Crippen molar-refractivity contribution in [2.24, 2.45) is 5.92 Å². The van der Waals surface area contributed by atoms with Crippen molar-refractivity contribution in [2.45, 2.75) is 38.9 Å². The van der Waals surface area contributed by atoms with Crippen LogP contribution in [0.5, 0.6) is 0 Å². The third-order valence-corrected chi connectivity index (χ3v) is 5.78. The van der Waals surface area contributed by atoms with Gasteiger partial charge in [-0.05, 0) is 35.2 Å². The predicted molar refractivity (Wildman–Crippen MR) is 113 cm³/mol. The Morgan fingerprint density at radius 1 is 1.06 bits per heavy atom. The van der Waals surface area contributed by atoms with Gasteiger partial charge in [-0.2, -0.15) is 0 Å². The highest BCUT2D eigenvalue weighted by molar-refractivity contribution is 6.21. The average Bonchev–Trinajstić information content (AvgIpc) is 2.99. The van der Waals surface area contributed by atoms with Crippen LogP contribution in [0, 0.1) is 5.92 Å². The van der Waals surface area contributed by atoms with Crippen LogP contribution < -0.4 is 10.2 Å². The molecule has 8 nitrogen and oxygen atoms in total. The van der Waals surface area contributed by atoms with Gasteiger partial charge in [0, 0.05) is 18.5 Å². The van der Waals surface area contributed by atoms with Gasteiger partial charge in [0.2, 0.25) is 0 Å². The molecule has 0 saturated carbocycles. The number of nitrogens with zero attached hydrogens (tertiary/aromatic N) is 2. The summed E-state index contributed by atoms with van der Waals surface area (Å²) in [4.78, 5) is 52.8. The van der Waals surface area contributed by atoms with Crippen molar-refractivity contribution in [1.29, 1.82) is 0 Å². The maximum Gasteiger partial charge on any atom is 0.332 e. The fraction of sp³-hybridized carbons (Fsp3) is 0.304. The first-order valence-electron chi connectivity index (χ1n) is 10.1. The first kappa shape index (κ1) is 20.6. The van der Waals surface area contributed by atoms with Gasteiger partial charge in [0.15, 0.2) is 0 Å². The van der Waals surface area contributed by atoms with E-state index in [9.17, 15) is 24.3 Å². The van der Waals surface area contributed by atoms with E-state index in [1.807, 2.05) is 24.3 Å². The molecule has 2 aliphatic heterocycles. The highest BCUT2D eigenvalue weighted by atomic mass is 16.4. The summed E-state index contributed by atoms with van der Waals surface area (Å²) in [5.74, 6) is -2.33. The molecule has 1 saturated heterocycles. The molecule has 0 radical (unpaired) electrons. The molecule has 2 heterocycles. The molecule has 1 fully saturated rings. The topological polar surface area (TPSA) is 107 Å². The number of nitrogens with one attached hydrogen (secondary N) is 1. The Bertz CT molecular complexity index is 1040. The molecule has 2 unspecified atom stereocenters. The molecule has 4 rings (SSSR count). The van der Waals surface area contributed by atoms with Crippen molar-refractivity contribution in [3.63, 3.8) is 0 Å². The molecule has 0 aromatic heterocycles. The number of benzene rings is 2. The number of urea groups is 1. The third kappa shape index (κ3) is 3.65. The van der Waals surface area contributed by atoms with Crippen LogP contribution in [0.1, 0.15) is 35.3 Å². The second-order valence-electron chi connectivity index (χ2n) is 8.16. The van der Waals surface area contributed by atoms with Crippen LogP contribution in [-0.4, -0.2) is 45.9 Å². The fourth-order valence-corrected chi connectivity index (χ4v) is 4.08. The van der Waals surface area contributed by atoms with Gasteiger partial charge in [0.25, 0.3) is 11.8 Å². The highest BCUT2D eigenvalue weighted by Crippen LogP contribution is 2.33. The summed E-state index contributed by atoms with van der Waals surface area (Å²) >= 11 is 0. The maximum absolute atomic E-state index is 13.1. The lowest BCUT2D eigenvalue weighted by Crippen LogP contribution is -2.44. The Morgan fingerprint density at radius 3 is 2.45 bits per heavy atom. The Labute approximate surface area is 179 Å². The molecule has 0 bridgehead atoms.